The van der Waals surface area contributed by atoms with Crippen molar-refractivity contribution in [3.05, 3.63) is 59.9 Å². The van der Waals surface area contributed by atoms with Crippen LogP contribution >= 0.6 is 0 Å². The minimum absolute atomic E-state index is 0.000910. The summed E-state index contributed by atoms with van der Waals surface area (Å²) >= 11 is 0. The molecule has 7 nitrogen and oxygen atoms in total. The summed E-state index contributed by atoms with van der Waals surface area (Å²) in [6, 6.07) is 15.5. The van der Waals surface area contributed by atoms with Crippen molar-refractivity contribution < 1.29 is 13.2 Å². The largest absolute Gasteiger partial charge is 0.354 e. The van der Waals surface area contributed by atoms with E-state index >= 15 is 0 Å². The molecule has 34 heavy (non-hydrogen) atoms. The van der Waals surface area contributed by atoms with E-state index in [0.717, 1.165) is 43.4 Å². The molecule has 1 atom stereocenters. The smallest absolute Gasteiger partial charge is 0.243 e. The van der Waals surface area contributed by atoms with Crippen molar-refractivity contribution in [3.63, 3.8) is 0 Å². The van der Waals surface area contributed by atoms with Crippen molar-refractivity contribution in [2.75, 3.05) is 13.1 Å². The first kappa shape index (κ1) is 24.4. The third-order valence-electron chi connectivity index (χ3n) is 6.59. The van der Waals surface area contributed by atoms with Gasteiger partial charge in [0, 0.05) is 39.0 Å². The summed E-state index contributed by atoms with van der Waals surface area (Å²) in [5.74, 6) is 0.774. The van der Waals surface area contributed by atoms with Crippen LogP contribution in [0.15, 0.2) is 53.4 Å². The van der Waals surface area contributed by atoms with Gasteiger partial charge >= 0.3 is 0 Å². The Balaban J connectivity index is 1.36. The highest BCUT2D eigenvalue weighted by atomic mass is 32.2. The molecule has 1 fully saturated rings. The summed E-state index contributed by atoms with van der Waals surface area (Å²) in [7, 11) is -1.60. The van der Waals surface area contributed by atoms with E-state index in [1.54, 1.807) is 16.4 Å². The van der Waals surface area contributed by atoms with Crippen molar-refractivity contribution in [3.8, 4) is 0 Å². The number of nitrogens with one attached hydrogen (secondary N) is 1. The lowest BCUT2D eigenvalue weighted by molar-refractivity contribution is -0.121. The first-order chi connectivity index (χ1) is 16.3. The van der Waals surface area contributed by atoms with Crippen molar-refractivity contribution in [1.29, 1.82) is 0 Å². The fourth-order valence-electron chi connectivity index (χ4n) is 4.54. The number of aryl methyl sites for hydroxylation is 3. The molecule has 1 amide bonds. The lowest BCUT2D eigenvalue weighted by atomic mass is 10.1. The van der Waals surface area contributed by atoms with Gasteiger partial charge in [-0.25, -0.2) is 13.4 Å². The molecular weight excluding hydrogens is 448 g/mol. The summed E-state index contributed by atoms with van der Waals surface area (Å²) in [5, 5.41) is 3.08. The van der Waals surface area contributed by atoms with Gasteiger partial charge in [0.2, 0.25) is 15.9 Å². The Labute approximate surface area is 202 Å². The first-order valence-corrected chi connectivity index (χ1v) is 13.6. The van der Waals surface area contributed by atoms with Gasteiger partial charge in [-0.05, 0) is 56.4 Å². The third-order valence-corrected chi connectivity index (χ3v) is 8.48. The van der Waals surface area contributed by atoms with Crippen LogP contribution in [0.5, 0.6) is 0 Å². The third kappa shape index (κ3) is 5.67. The SMILES string of the molecule is CC(CCc1ccccc1)NC(=O)CCc1nc2cc(S(=O)(=O)N3CCCCC3)ccc2n1C. The highest BCUT2D eigenvalue weighted by Gasteiger charge is 2.26. The topological polar surface area (TPSA) is 84.3 Å². The first-order valence-electron chi connectivity index (χ1n) is 12.1. The van der Waals surface area contributed by atoms with E-state index in [9.17, 15) is 13.2 Å². The lowest BCUT2D eigenvalue weighted by Gasteiger charge is -2.25. The quantitative estimate of drug-likeness (QED) is 0.503. The molecule has 1 saturated heterocycles. The summed E-state index contributed by atoms with van der Waals surface area (Å²) in [6.07, 6.45) is 5.53. The van der Waals surface area contributed by atoms with E-state index in [1.807, 2.05) is 42.8 Å². The highest BCUT2D eigenvalue weighted by Crippen LogP contribution is 2.25. The average molecular weight is 483 g/mol. The lowest BCUT2D eigenvalue weighted by Crippen LogP contribution is -2.35. The van der Waals surface area contributed by atoms with Gasteiger partial charge in [0.25, 0.3) is 0 Å². The number of carbonyl (C=O) groups excluding carboxylic acids is 1. The molecule has 2 heterocycles. The van der Waals surface area contributed by atoms with E-state index in [-0.39, 0.29) is 16.8 Å². The molecule has 4 rings (SSSR count). The zero-order valence-electron chi connectivity index (χ0n) is 20.0. The molecular formula is C26H34N4O3S. The Hall–Kier alpha value is -2.71. The second kappa shape index (κ2) is 10.7. The van der Waals surface area contributed by atoms with Crippen LogP contribution in [-0.2, 0) is 34.7 Å². The number of fused-ring (bicyclic) bond motifs is 1. The van der Waals surface area contributed by atoms with Crippen LogP contribution in [0.4, 0.5) is 0 Å². The normalized spacial score (nSPS) is 15.9. The number of piperidine rings is 1. The van der Waals surface area contributed by atoms with Crippen LogP contribution in [0.1, 0.15) is 50.4 Å². The number of rotatable bonds is 9. The van der Waals surface area contributed by atoms with Gasteiger partial charge in [0.15, 0.2) is 0 Å². The van der Waals surface area contributed by atoms with Crippen molar-refractivity contribution in [1.82, 2.24) is 19.2 Å². The number of carbonyl (C=O) groups is 1. The molecule has 0 saturated carbocycles. The van der Waals surface area contributed by atoms with Crippen LogP contribution in [0.3, 0.4) is 0 Å². The number of hydrogen-bond acceptors (Lipinski definition) is 4. The predicted molar refractivity (Wildman–Crippen MR) is 134 cm³/mol. The predicted octanol–water partition coefficient (Wildman–Crippen LogP) is 3.82. The second-order valence-corrected chi connectivity index (χ2v) is 11.1. The van der Waals surface area contributed by atoms with Crippen LogP contribution in [0, 0.1) is 0 Å². The number of imidazole rings is 1. The highest BCUT2D eigenvalue weighted by molar-refractivity contribution is 7.89. The molecule has 2 aromatic carbocycles. The second-order valence-electron chi connectivity index (χ2n) is 9.20. The molecule has 0 radical (unpaired) electrons. The Bertz CT molecular complexity index is 1230. The van der Waals surface area contributed by atoms with E-state index in [4.69, 9.17) is 0 Å². The van der Waals surface area contributed by atoms with Gasteiger partial charge in [-0.1, -0.05) is 36.8 Å². The molecule has 8 heteroatoms. The van der Waals surface area contributed by atoms with Gasteiger partial charge in [-0.3, -0.25) is 4.79 Å². The van der Waals surface area contributed by atoms with Crippen molar-refractivity contribution in [2.24, 2.45) is 7.05 Å². The van der Waals surface area contributed by atoms with Crippen LogP contribution in [0.25, 0.3) is 11.0 Å². The molecule has 0 spiro atoms. The maximum atomic E-state index is 13.0. The molecule has 0 aliphatic carbocycles. The van der Waals surface area contributed by atoms with E-state index in [2.05, 4.69) is 22.4 Å². The zero-order chi connectivity index (χ0) is 24.1. The maximum Gasteiger partial charge on any atom is 0.243 e. The Kier molecular flexibility index (Phi) is 7.68. The molecule has 1 aliphatic heterocycles. The van der Waals surface area contributed by atoms with Crippen LogP contribution in [-0.4, -0.2) is 47.3 Å². The van der Waals surface area contributed by atoms with Gasteiger partial charge in [0.05, 0.1) is 15.9 Å². The van der Waals surface area contributed by atoms with Gasteiger partial charge < -0.3 is 9.88 Å². The molecule has 1 aromatic heterocycles. The Morgan fingerprint density at radius 3 is 2.53 bits per heavy atom. The Morgan fingerprint density at radius 2 is 1.79 bits per heavy atom. The van der Waals surface area contributed by atoms with E-state index in [0.29, 0.717) is 31.4 Å². The van der Waals surface area contributed by atoms with Crippen molar-refractivity contribution in [2.45, 2.75) is 62.8 Å². The van der Waals surface area contributed by atoms with E-state index < -0.39 is 10.0 Å². The van der Waals surface area contributed by atoms with E-state index in [1.165, 1.54) is 5.56 Å². The van der Waals surface area contributed by atoms with Crippen LogP contribution < -0.4 is 5.32 Å². The molecule has 182 valence electrons. The number of amides is 1. The average Bonchev–Trinajstić information content (AvgIpc) is 3.17. The van der Waals surface area contributed by atoms with Crippen LogP contribution in [0.2, 0.25) is 0 Å². The monoisotopic (exact) mass is 482 g/mol. The summed E-state index contributed by atoms with van der Waals surface area (Å²) < 4.78 is 29.6. The number of sulfonamides is 1. The summed E-state index contributed by atoms with van der Waals surface area (Å²) in [5.41, 5.74) is 2.78. The molecule has 3 aromatic rings. The number of nitrogens with zero attached hydrogens (tertiary/aromatic N) is 3. The minimum atomic E-state index is -3.50. The minimum Gasteiger partial charge on any atom is -0.354 e. The van der Waals surface area contributed by atoms with Crippen molar-refractivity contribution >= 4 is 27.0 Å². The fraction of sp³-hybridized carbons (Fsp3) is 0.462. The molecule has 1 aliphatic rings. The standard InChI is InChI=1S/C26H34N4O3S/c1-20(11-12-21-9-5-3-6-10-21)27-26(31)16-15-25-28-23-19-22(13-14-24(23)29(25)2)34(32,33)30-17-7-4-8-18-30/h3,5-6,9-10,13-14,19-20H,4,7-8,11-12,15-18H2,1-2H3,(H,27,31). The molecule has 0 bridgehead atoms. The van der Waals surface area contributed by atoms with Gasteiger partial charge in [-0.2, -0.15) is 4.31 Å². The fourth-order valence-corrected chi connectivity index (χ4v) is 6.08. The number of aromatic nitrogens is 2. The maximum absolute atomic E-state index is 13.0. The molecule has 1 unspecified atom stereocenters. The summed E-state index contributed by atoms with van der Waals surface area (Å²) in [6.45, 7) is 3.18. The van der Waals surface area contributed by atoms with Gasteiger partial charge in [0.1, 0.15) is 5.82 Å². The molecule has 1 N–H and O–H groups in total. The number of hydrogen-bond donors (Lipinski definition) is 1. The summed E-state index contributed by atoms with van der Waals surface area (Å²) in [4.78, 5) is 17.4. The Morgan fingerprint density at radius 1 is 1.06 bits per heavy atom. The number of benzene rings is 2. The zero-order valence-corrected chi connectivity index (χ0v) is 20.9. The van der Waals surface area contributed by atoms with Gasteiger partial charge in [-0.15, -0.1) is 0 Å².